The van der Waals surface area contributed by atoms with E-state index in [-0.39, 0.29) is 11.3 Å². The van der Waals surface area contributed by atoms with Crippen molar-refractivity contribution >= 4 is 11.8 Å². The average molecular weight is 422 g/mol. The number of nitrogens with zero attached hydrogens (tertiary/aromatic N) is 2. The van der Waals surface area contributed by atoms with E-state index in [0.29, 0.717) is 12.8 Å². The largest absolute Gasteiger partial charge is 0.478 e. The summed E-state index contributed by atoms with van der Waals surface area (Å²) in [6.45, 7) is 1.97. The smallest absolute Gasteiger partial charge is 0.335 e. The van der Waals surface area contributed by atoms with E-state index in [9.17, 15) is 9.59 Å². The van der Waals surface area contributed by atoms with Gasteiger partial charge in [0, 0.05) is 17.5 Å². The highest BCUT2D eigenvalue weighted by molar-refractivity contribution is 5.99. The van der Waals surface area contributed by atoms with Gasteiger partial charge in [-0.3, -0.25) is 4.79 Å². The van der Waals surface area contributed by atoms with E-state index < -0.39 is 5.97 Å². The third-order valence-electron chi connectivity index (χ3n) is 5.59. The molecule has 4 rings (SSSR count). The SMILES string of the molecule is Cc1c(C(=O)CCc2ccc(-c3ccc(C(=O)O)cc3)cc2)cccc1-c1ccnnc1. The van der Waals surface area contributed by atoms with Crippen LogP contribution in [0.4, 0.5) is 0 Å². The Morgan fingerprint density at radius 3 is 2.12 bits per heavy atom. The third kappa shape index (κ3) is 4.62. The molecule has 0 aliphatic heterocycles. The summed E-state index contributed by atoms with van der Waals surface area (Å²) in [5.74, 6) is -0.825. The number of hydrogen-bond donors (Lipinski definition) is 1. The van der Waals surface area contributed by atoms with Crippen LogP contribution in [0.2, 0.25) is 0 Å². The molecule has 0 bridgehead atoms. The number of carbonyl (C=O) groups is 2. The van der Waals surface area contributed by atoms with Gasteiger partial charge in [0.15, 0.2) is 5.78 Å². The molecule has 0 spiro atoms. The van der Waals surface area contributed by atoms with Crippen molar-refractivity contribution in [2.45, 2.75) is 19.8 Å². The van der Waals surface area contributed by atoms with E-state index in [4.69, 9.17) is 5.11 Å². The van der Waals surface area contributed by atoms with Crippen LogP contribution >= 0.6 is 0 Å². The summed E-state index contributed by atoms with van der Waals surface area (Å²) in [5.41, 5.74) is 6.92. The van der Waals surface area contributed by atoms with Crippen LogP contribution < -0.4 is 0 Å². The Bertz CT molecular complexity index is 1250. The molecule has 0 radical (unpaired) electrons. The molecule has 4 aromatic rings. The summed E-state index contributed by atoms with van der Waals surface area (Å²) in [6.07, 6.45) is 4.42. The summed E-state index contributed by atoms with van der Waals surface area (Å²) in [6, 6.07) is 22.5. The molecule has 0 fully saturated rings. The number of carboxylic acids is 1. The highest BCUT2D eigenvalue weighted by Crippen LogP contribution is 2.26. The lowest BCUT2D eigenvalue weighted by Gasteiger charge is -2.11. The molecule has 0 unspecified atom stereocenters. The van der Waals surface area contributed by atoms with Crippen molar-refractivity contribution in [1.82, 2.24) is 10.2 Å². The van der Waals surface area contributed by atoms with Gasteiger partial charge in [0.25, 0.3) is 0 Å². The predicted molar refractivity (Wildman–Crippen MR) is 124 cm³/mol. The van der Waals surface area contributed by atoms with Gasteiger partial charge in [0.2, 0.25) is 0 Å². The zero-order chi connectivity index (χ0) is 22.5. The number of aromatic carboxylic acids is 1. The summed E-state index contributed by atoms with van der Waals surface area (Å²) in [7, 11) is 0. The standard InChI is InChI=1S/C27H22N2O3/c1-18-24(23-15-16-28-29-17-23)3-2-4-25(18)26(30)14-7-19-5-8-20(9-6-19)21-10-12-22(13-11-21)27(31)32/h2-6,8-13,15-17H,7,14H2,1H3,(H,31,32). The zero-order valence-electron chi connectivity index (χ0n) is 17.7. The van der Waals surface area contributed by atoms with Gasteiger partial charge < -0.3 is 5.11 Å². The molecular formula is C27H22N2O3. The second-order valence-electron chi connectivity index (χ2n) is 7.61. The van der Waals surface area contributed by atoms with Gasteiger partial charge in [-0.1, -0.05) is 54.6 Å². The van der Waals surface area contributed by atoms with Gasteiger partial charge in [-0.2, -0.15) is 10.2 Å². The quantitative estimate of drug-likeness (QED) is 0.390. The molecule has 0 amide bonds. The Morgan fingerprint density at radius 2 is 1.50 bits per heavy atom. The minimum atomic E-state index is -0.935. The minimum Gasteiger partial charge on any atom is -0.478 e. The van der Waals surface area contributed by atoms with E-state index in [2.05, 4.69) is 10.2 Å². The molecule has 32 heavy (non-hydrogen) atoms. The van der Waals surface area contributed by atoms with Gasteiger partial charge in [0.1, 0.15) is 0 Å². The second-order valence-corrected chi connectivity index (χ2v) is 7.61. The highest BCUT2D eigenvalue weighted by Gasteiger charge is 2.13. The summed E-state index contributed by atoms with van der Waals surface area (Å²) in [4.78, 5) is 23.9. The molecule has 5 heteroatoms. The Morgan fingerprint density at radius 1 is 0.812 bits per heavy atom. The maximum atomic E-state index is 12.9. The van der Waals surface area contributed by atoms with E-state index in [1.165, 1.54) is 0 Å². The summed E-state index contributed by atoms with van der Waals surface area (Å²) in [5, 5.41) is 16.8. The lowest BCUT2D eigenvalue weighted by atomic mass is 9.93. The Hall–Kier alpha value is -4.12. The molecule has 0 atom stereocenters. The fraction of sp³-hybridized carbons (Fsp3) is 0.111. The number of aromatic nitrogens is 2. The molecule has 0 saturated heterocycles. The van der Waals surface area contributed by atoms with Gasteiger partial charge in [-0.05, 0) is 59.4 Å². The molecular weight excluding hydrogens is 400 g/mol. The van der Waals surface area contributed by atoms with Crippen molar-refractivity contribution < 1.29 is 14.7 Å². The van der Waals surface area contributed by atoms with Crippen LogP contribution in [-0.4, -0.2) is 27.1 Å². The highest BCUT2D eigenvalue weighted by atomic mass is 16.4. The van der Waals surface area contributed by atoms with Crippen LogP contribution in [0.15, 0.2) is 85.2 Å². The lowest BCUT2D eigenvalue weighted by molar-refractivity contribution is 0.0696. The number of aryl methyl sites for hydroxylation is 1. The predicted octanol–water partition coefficient (Wildman–Crippen LogP) is 5.63. The maximum Gasteiger partial charge on any atom is 0.335 e. The third-order valence-corrected chi connectivity index (χ3v) is 5.59. The van der Waals surface area contributed by atoms with Crippen molar-refractivity contribution in [1.29, 1.82) is 0 Å². The number of ketones is 1. The molecule has 158 valence electrons. The van der Waals surface area contributed by atoms with Gasteiger partial charge >= 0.3 is 5.97 Å². The Balaban J connectivity index is 1.44. The van der Waals surface area contributed by atoms with Crippen LogP contribution in [0.25, 0.3) is 22.3 Å². The van der Waals surface area contributed by atoms with E-state index in [0.717, 1.165) is 38.9 Å². The van der Waals surface area contributed by atoms with Crippen molar-refractivity contribution in [3.63, 3.8) is 0 Å². The van der Waals surface area contributed by atoms with E-state index >= 15 is 0 Å². The second kappa shape index (κ2) is 9.35. The normalized spacial score (nSPS) is 10.7. The number of carboxylic acid groups (broad SMARTS) is 1. The van der Waals surface area contributed by atoms with Crippen LogP contribution in [0.1, 0.15) is 38.3 Å². The molecule has 1 aromatic heterocycles. The first-order valence-corrected chi connectivity index (χ1v) is 10.4. The number of carbonyl (C=O) groups excluding carboxylic acids is 1. The maximum absolute atomic E-state index is 12.9. The molecule has 1 heterocycles. The number of rotatable bonds is 7. The number of Topliss-reactive ketones (excluding diaryl/α,β-unsaturated/α-hetero) is 1. The molecule has 3 aromatic carbocycles. The first-order valence-electron chi connectivity index (χ1n) is 10.4. The number of benzene rings is 3. The molecule has 0 aliphatic rings. The fourth-order valence-corrected chi connectivity index (χ4v) is 3.76. The van der Waals surface area contributed by atoms with Crippen molar-refractivity contribution in [3.05, 3.63) is 107 Å². The van der Waals surface area contributed by atoms with Gasteiger partial charge in [-0.15, -0.1) is 0 Å². The van der Waals surface area contributed by atoms with Gasteiger partial charge in [0.05, 0.1) is 18.0 Å². The van der Waals surface area contributed by atoms with Crippen molar-refractivity contribution in [2.75, 3.05) is 0 Å². The Labute approximate surface area is 186 Å². The lowest BCUT2D eigenvalue weighted by Crippen LogP contribution is -2.04. The topological polar surface area (TPSA) is 80.2 Å². The molecule has 0 aliphatic carbocycles. The molecule has 0 saturated carbocycles. The first kappa shape index (κ1) is 21.1. The van der Waals surface area contributed by atoms with Crippen molar-refractivity contribution in [2.24, 2.45) is 0 Å². The first-order chi connectivity index (χ1) is 15.5. The summed E-state index contributed by atoms with van der Waals surface area (Å²) < 4.78 is 0. The van der Waals surface area contributed by atoms with Crippen molar-refractivity contribution in [3.8, 4) is 22.3 Å². The van der Waals surface area contributed by atoms with Crippen LogP contribution in [0.3, 0.4) is 0 Å². The minimum absolute atomic E-state index is 0.111. The van der Waals surface area contributed by atoms with Crippen LogP contribution in [0.5, 0.6) is 0 Å². The fourth-order valence-electron chi connectivity index (χ4n) is 3.76. The van der Waals surface area contributed by atoms with Crippen LogP contribution in [0, 0.1) is 6.92 Å². The monoisotopic (exact) mass is 422 g/mol. The molecule has 1 N–H and O–H groups in total. The van der Waals surface area contributed by atoms with Gasteiger partial charge in [-0.25, -0.2) is 4.79 Å². The number of hydrogen-bond acceptors (Lipinski definition) is 4. The summed E-state index contributed by atoms with van der Waals surface area (Å²) >= 11 is 0. The Kier molecular flexibility index (Phi) is 6.17. The average Bonchev–Trinajstić information content (AvgIpc) is 2.83. The molecule has 5 nitrogen and oxygen atoms in total. The van der Waals surface area contributed by atoms with E-state index in [1.807, 2.05) is 55.5 Å². The zero-order valence-corrected chi connectivity index (χ0v) is 17.7. The van der Waals surface area contributed by atoms with E-state index in [1.54, 1.807) is 36.7 Å². The van der Waals surface area contributed by atoms with Crippen LogP contribution in [-0.2, 0) is 6.42 Å².